The maximum atomic E-state index is 12.1. The molecule has 3 rings (SSSR count). The molecule has 23 heavy (non-hydrogen) atoms. The van der Waals surface area contributed by atoms with Crippen LogP contribution in [0.15, 0.2) is 22.7 Å². The number of hydrogen-bond acceptors (Lipinski definition) is 6. The number of hydrogen-bond donors (Lipinski definition) is 1. The van der Waals surface area contributed by atoms with Crippen molar-refractivity contribution in [3.8, 4) is 0 Å². The Balaban J connectivity index is 1.65. The van der Waals surface area contributed by atoms with E-state index in [4.69, 9.17) is 25.6 Å². The lowest BCUT2D eigenvalue weighted by molar-refractivity contribution is 0.0933. The second kappa shape index (κ2) is 7.44. The molecule has 1 fully saturated rings. The van der Waals surface area contributed by atoms with E-state index in [0.29, 0.717) is 29.2 Å². The lowest BCUT2D eigenvalue weighted by Crippen LogP contribution is -2.29. The van der Waals surface area contributed by atoms with Crippen molar-refractivity contribution in [2.75, 3.05) is 26.9 Å². The van der Waals surface area contributed by atoms with Crippen molar-refractivity contribution in [2.24, 2.45) is 5.92 Å². The Kier molecular flexibility index (Phi) is 5.32. The van der Waals surface area contributed by atoms with Crippen LogP contribution in [0.1, 0.15) is 33.7 Å². The van der Waals surface area contributed by atoms with E-state index in [0.717, 1.165) is 17.9 Å². The first kappa shape index (κ1) is 16.4. The number of halogens is 1. The molecule has 0 radical (unpaired) electrons. The zero-order valence-electron chi connectivity index (χ0n) is 12.6. The largest absolute Gasteiger partial charge is 0.381 e. The van der Waals surface area contributed by atoms with Crippen molar-refractivity contribution < 1.29 is 18.8 Å². The Bertz CT molecular complexity index is 666. The van der Waals surface area contributed by atoms with Crippen molar-refractivity contribution in [2.45, 2.75) is 12.5 Å². The highest BCUT2D eigenvalue weighted by Gasteiger charge is 2.23. The number of nitrogens with one attached hydrogen (secondary N) is 1. The molecule has 1 aliphatic heterocycles. The first-order valence-electron chi connectivity index (χ1n) is 7.28. The molecule has 0 aromatic carbocycles. The zero-order valence-corrected chi connectivity index (χ0v) is 14.2. The Morgan fingerprint density at radius 3 is 3.13 bits per heavy atom. The van der Waals surface area contributed by atoms with Crippen LogP contribution >= 0.6 is 22.9 Å². The summed E-state index contributed by atoms with van der Waals surface area (Å²) in [4.78, 5) is 13.0. The number of methoxy groups -OCH3 is 1. The van der Waals surface area contributed by atoms with E-state index in [-0.39, 0.29) is 11.6 Å². The van der Waals surface area contributed by atoms with E-state index < -0.39 is 6.10 Å². The number of amides is 1. The molecule has 0 bridgehead atoms. The molecule has 2 aromatic heterocycles. The van der Waals surface area contributed by atoms with Gasteiger partial charge in [0.15, 0.2) is 17.6 Å². The first-order valence-corrected chi connectivity index (χ1v) is 8.47. The molecule has 0 saturated carbocycles. The highest BCUT2D eigenvalue weighted by molar-refractivity contribution is 7.16. The minimum Gasteiger partial charge on any atom is -0.381 e. The van der Waals surface area contributed by atoms with Gasteiger partial charge >= 0.3 is 0 Å². The van der Waals surface area contributed by atoms with Gasteiger partial charge in [-0.2, -0.15) is 0 Å². The maximum absolute atomic E-state index is 12.1. The third kappa shape index (κ3) is 3.92. The van der Waals surface area contributed by atoms with E-state index in [1.807, 2.05) is 6.07 Å². The summed E-state index contributed by atoms with van der Waals surface area (Å²) in [5.74, 6) is 0.580. The summed E-state index contributed by atoms with van der Waals surface area (Å²) < 4.78 is 16.7. The van der Waals surface area contributed by atoms with Crippen molar-refractivity contribution in [3.05, 3.63) is 38.9 Å². The van der Waals surface area contributed by atoms with Crippen LogP contribution in [0.25, 0.3) is 0 Å². The first-order chi connectivity index (χ1) is 11.2. The Hall–Kier alpha value is -1.41. The van der Waals surface area contributed by atoms with E-state index in [1.165, 1.54) is 11.3 Å². The number of nitrogens with zero attached hydrogens (tertiary/aromatic N) is 1. The van der Waals surface area contributed by atoms with Crippen LogP contribution in [-0.2, 0) is 9.47 Å². The van der Waals surface area contributed by atoms with Crippen LogP contribution in [0.4, 0.5) is 0 Å². The lowest BCUT2D eigenvalue weighted by Gasteiger charge is -2.09. The van der Waals surface area contributed by atoms with Crippen LogP contribution in [0, 0.1) is 5.92 Å². The summed E-state index contributed by atoms with van der Waals surface area (Å²) in [5.41, 5.74) is 0.239. The second-order valence-corrected chi connectivity index (χ2v) is 7.06. The molecule has 0 aliphatic carbocycles. The molecule has 8 heteroatoms. The third-order valence-electron chi connectivity index (χ3n) is 3.68. The summed E-state index contributed by atoms with van der Waals surface area (Å²) in [6.45, 7) is 2.03. The molecule has 3 heterocycles. The van der Waals surface area contributed by atoms with Gasteiger partial charge in [0.25, 0.3) is 5.91 Å². The highest BCUT2D eigenvalue weighted by Crippen LogP contribution is 2.33. The van der Waals surface area contributed by atoms with Crippen LogP contribution < -0.4 is 5.32 Å². The number of carbonyl (C=O) groups is 1. The topological polar surface area (TPSA) is 73.6 Å². The summed E-state index contributed by atoms with van der Waals surface area (Å²) in [6, 6.07) is 5.26. The van der Waals surface area contributed by atoms with Gasteiger partial charge in [-0.15, -0.1) is 11.3 Å². The standard InChI is InChI=1S/C15H17ClN2O4S/c1-20-14(12-2-3-13(16)23-12)11-6-10(18-22-11)15(19)17-7-9-4-5-21-8-9/h2-3,6,9,14H,4-5,7-8H2,1H3,(H,17,19). The van der Waals surface area contributed by atoms with Gasteiger partial charge in [0.2, 0.25) is 0 Å². The van der Waals surface area contributed by atoms with E-state index in [1.54, 1.807) is 19.2 Å². The maximum Gasteiger partial charge on any atom is 0.273 e. The minimum atomic E-state index is -0.426. The SMILES string of the molecule is COC(c1cc(C(=O)NCC2CCOC2)no1)c1ccc(Cl)s1. The van der Waals surface area contributed by atoms with Crippen LogP contribution in [0.2, 0.25) is 4.34 Å². The average Bonchev–Trinajstić information content (AvgIpc) is 3.27. The molecular formula is C15H17ClN2O4S. The quantitative estimate of drug-likeness (QED) is 0.861. The lowest BCUT2D eigenvalue weighted by atomic mass is 10.1. The predicted octanol–water partition coefficient (Wildman–Crippen LogP) is 2.89. The molecule has 0 spiro atoms. The van der Waals surface area contributed by atoms with Gasteiger partial charge < -0.3 is 19.3 Å². The fraction of sp³-hybridized carbons (Fsp3) is 0.467. The second-order valence-electron chi connectivity index (χ2n) is 5.31. The average molecular weight is 357 g/mol. The molecule has 1 aliphatic rings. The van der Waals surface area contributed by atoms with E-state index >= 15 is 0 Å². The van der Waals surface area contributed by atoms with Gasteiger partial charge in [-0.1, -0.05) is 16.8 Å². The monoisotopic (exact) mass is 356 g/mol. The normalized spacial score (nSPS) is 19.0. The van der Waals surface area contributed by atoms with Gasteiger partial charge in [-0.25, -0.2) is 0 Å². The minimum absolute atomic E-state index is 0.239. The van der Waals surface area contributed by atoms with Crippen LogP contribution in [0.5, 0.6) is 0 Å². The van der Waals surface area contributed by atoms with Crippen molar-refractivity contribution >= 4 is 28.8 Å². The molecule has 1 amide bonds. The van der Waals surface area contributed by atoms with E-state index in [9.17, 15) is 4.79 Å². The molecule has 2 atom stereocenters. The molecular weight excluding hydrogens is 340 g/mol. The highest BCUT2D eigenvalue weighted by atomic mass is 35.5. The van der Waals surface area contributed by atoms with Gasteiger partial charge in [0.05, 0.1) is 10.9 Å². The fourth-order valence-electron chi connectivity index (χ4n) is 2.43. The Morgan fingerprint density at radius 1 is 1.61 bits per heavy atom. The molecule has 1 saturated heterocycles. The summed E-state index contributed by atoms with van der Waals surface area (Å²) >= 11 is 7.35. The summed E-state index contributed by atoms with van der Waals surface area (Å²) in [5, 5.41) is 6.69. The fourth-order valence-corrected chi connectivity index (χ4v) is 3.58. The Morgan fingerprint density at radius 2 is 2.48 bits per heavy atom. The van der Waals surface area contributed by atoms with Gasteiger partial charge in [-0.3, -0.25) is 4.79 Å². The third-order valence-corrected chi connectivity index (χ3v) is 4.96. The van der Waals surface area contributed by atoms with Crippen LogP contribution in [-0.4, -0.2) is 37.9 Å². The number of aromatic nitrogens is 1. The number of rotatable bonds is 6. The molecule has 6 nitrogen and oxygen atoms in total. The predicted molar refractivity (Wildman–Crippen MR) is 85.9 cm³/mol. The summed E-state index contributed by atoms with van der Waals surface area (Å²) in [7, 11) is 1.57. The van der Waals surface area contributed by atoms with Crippen LogP contribution in [0.3, 0.4) is 0 Å². The number of ether oxygens (including phenoxy) is 2. The smallest absolute Gasteiger partial charge is 0.273 e. The molecule has 1 N–H and O–H groups in total. The number of carbonyl (C=O) groups excluding carboxylic acids is 1. The van der Waals surface area contributed by atoms with Gasteiger partial charge in [0, 0.05) is 37.1 Å². The molecule has 124 valence electrons. The van der Waals surface area contributed by atoms with Gasteiger partial charge in [-0.05, 0) is 18.6 Å². The van der Waals surface area contributed by atoms with E-state index in [2.05, 4.69) is 10.5 Å². The van der Waals surface area contributed by atoms with Gasteiger partial charge in [0.1, 0.15) is 0 Å². The van der Waals surface area contributed by atoms with Crippen molar-refractivity contribution in [1.29, 1.82) is 0 Å². The molecule has 2 unspecified atom stereocenters. The number of thiophene rings is 1. The zero-order chi connectivity index (χ0) is 16.2. The molecule has 2 aromatic rings. The Labute approximate surface area is 142 Å². The van der Waals surface area contributed by atoms with Crippen molar-refractivity contribution in [3.63, 3.8) is 0 Å². The van der Waals surface area contributed by atoms with Crippen molar-refractivity contribution in [1.82, 2.24) is 10.5 Å². The summed E-state index contributed by atoms with van der Waals surface area (Å²) in [6.07, 6.45) is 0.541.